The zero-order valence-electron chi connectivity index (χ0n) is 16.4. The van der Waals surface area contributed by atoms with E-state index in [0.29, 0.717) is 12.2 Å². The summed E-state index contributed by atoms with van der Waals surface area (Å²) in [6.07, 6.45) is 5.40. The summed E-state index contributed by atoms with van der Waals surface area (Å²) in [4.78, 5) is 22.3. The lowest BCUT2D eigenvalue weighted by atomic mass is 10.0. The molecule has 0 bridgehead atoms. The standard InChI is InChI=1S/C23H18FN5O.ClH/c24-18-7-5-16(6-8-18)15-1-3-17(4-2-15)23-26-19-10-12-29(13-21(19)27-23)14-22(30)20-9-11-25-28-20;/h1-12H,13-14H2,(H,25,28)(H,26,27);1H. The Morgan fingerprint density at radius 1 is 1.00 bits per heavy atom. The van der Waals surface area contributed by atoms with Gasteiger partial charge in [0.15, 0.2) is 5.78 Å². The Hall–Kier alpha value is -3.71. The maximum Gasteiger partial charge on any atom is 0.199 e. The van der Waals surface area contributed by atoms with E-state index in [1.54, 1.807) is 24.4 Å². The van der Waals surface area contributed by atoms with Gasteiger partial charge < -0.3 is 9.88 Å². The predicted octanol–water partition coefficient (Wildman–Crippen LogP) is 4.70. The molecule has 0 spiro atoms. The van der Waals surface area contributed by atoms with E-state index in [2.05, 4.69) is 15.2 Å². The number of H-pyrrole nitrogens is 2. The largest absolute Gasteiger partial charge is 0.364 e. The Bertz CT molecular complexity index is 1210. The number of carbonyl (C=O) groups is 1. The number of hydrogen-bond acceptors (Lipinski definition) is 4. The fourth-order valence-electron chi connectivity index (χ4n) is 3.50. The van der Waals surface area contributed by atoms with E-state index in [9.17, 15) is 9.18 Å². The average molecular weight is 436 g/mol. The third-order valence-corrected chi connectivity index (χ3v) is 5.10. The summed E-state index contributed by atoms with van der Waals surface area (Å²) in [5.74, 6) is 0.509. The maximum atomic E-state index is 13.1. The lowest BCUT2D eigenvalue weighted by molar-refractivity contribution is 0.0947. The number of hydrogen-bond donors (Lipinski definition) is 2. The van der Waals surface area contributed by atoms with E-state index < -0.39 is 0 Å². The quantitative estimate of drug-likeness (QED) is 0.445. The highest BCUT2D eigenvalue weighted by atomic mass is 35.5. The van der Waals surface area contributed by atoms with Gasteiger partial charge in [-0.25, -0.2) is 9.37 Å². The number of imidazole rings is 1. The first kappa shape index (κ1) is 20.6. The van der Waals surface area contributed by atoms with Crippen molar-refractivity contribution in [2.24, 2.45) is 0 Å². The SMILES string of the molecule is Cl.O=C(CN1C=Cc2[nH]c(-c3ccc(-c4ccc(F)cc4)cc3)nc2C1)c1ccn[nH]1. The third kappa shape index (κ3) is 4.27. The molecule has 0 radical (unpaired) electrons. The molecular formula is C23H19ClFN5O. The smallest absolute Gasteiger partial charge is 0.199 e. The molecule has 0 aliphatic carbocycles. The molecule has 8 heteroatoms. The van der Waals surface area contributed by atoms with Crippen molar-refractivity contribution in [1.82, 2.24) is 25.1 Å². The molecule has 0 amide bonds. The van der Waals surface area contributed by atoms with Crippen molar-refractivity contribution >= 4 is 24.3 Å². The van der Waals surface area contributed by atoms with Crippen LogP contribution in [0.15, 0.2) is 67.0 Å². The monoisotopic (exact) mass is 435 g/mol. The van der Waals surface area contributed by atoms with Crippen molar-refractivity contribution in [2.75, 3.05) is 6.54 Å². The van der Waals surface area contributed by atoms with Crippen molar-refractivity contribution in [3.8, 4) is 22.5 Å². The Morgan fingerprint density at radius 3 is 2.35 bits per heavy atom. The van der Waals surface area contributed by atoms with Gasteiger partial charge in [0, 0.05) is 18.0 Å². The van der Waals surface area contributed by atoms with Crippen molar-refractivity contribution in [3.63, 3.8) is 0 Å². The number of carbonyl (C=O) groups excluding carboxylic acids is 1. The molecule has 0 saturated carbocycles. The average Bonchev–Trinajstić information content (AvgIpc) is 3.44. The van der Waals surface area contributed by atoms with E-state index in [4.69, 9.17) is 4.98 Å². The van der Waals surface area contributed by atoms with Crippen LogP contribution in [-0.4, -0.2) is 37.4 Å². The molecule has 5 rings (SSSR count). The number of Topliss-reactive ketones (excluding diaryl/α,β-unsaturated/α-hetero) is 1. The van der Waals surface area contributed by atoms with Gasteiger partial charge in [-0.2, -0.15) is 5.10 Å². The number of benzene rings is 2. The van der Waals surface area contributed by atoms with Crippen LogP contribution in [0.5, 0.6) is 0 Å². The summed E-state index contributed by atoms with van der Waals surface area (Å²) in [5.41, 5.74) is 5.27. The molecule has 31 heavy (non-hydrogen) atoms. The highest BCUT2D eigenvalue weighted by Gasteiger charge is 2.19. The molecule has 4 aromatic rings. The topological polar surface area (TPSA) is 77.7 Å². The molecule has 1 aliphatic heterocycles. The number of ketones is 1. The molecule has 0 saturated heterocycles. The zero-order chi connectivity index (χ0) is 20.5. The fourth-order valence-corrected chi connectivity index (χ4v) is 3.50. The minimum Gasteiger partial charge on any atom is -0.364 e. The van der Waals surface area contributed by atoms with Crippen LogP contribution in [0.3, 0.4) is 0 Å². The van der Waals surface area contributed by atoms with Gasteiger partial charge >= 0.3 is 0 Å². The maximum absolute atomic E-state index is 13.1. The molecule has 1 aliphatic rings. The van der Waals surface area contributed by atoms with E-state index in [1.165, 1.54) is 12.1 Å². The Balaban J connectivity index is 0.00000231. The lowest BCUT2D eigenvalue weighted by Crippen LogP contribution is -2.27. The molecular weight excluding hydrogens is 417 g/mol. The van der Waals surface area contributed by atoms with Crippen molar-refractivity contribution in [1.29, 1.82) is 0 Å². The normalized spacial score (nSPS) is 12.4. The second kappa shape index (κ2) is 8.57. The van der Waals surface area contributed by atoms with Crippen LogP contribution in [0, 0.1) is 5.82 Å². The fraction of sp³-hybridized carbons (Fsp3) is 0.0870. The third-order valence-electron chi connectivity index (χ3n) is 5.10. The number of halogens is 2. The highest BCUT2D eigenvalue weighted by Crippen LogP contribution is 2.26. The van der Waals surface area contributed by atoms with Crippen LogP contribution in [-0.2, 0) is 6.54 Å². The molecule has 6 nitrogen and oxygen atoms in total. The van der Waals surface area contributed by atoms with Crippen LogP contribution in [0.25, 0.3) is 28.6 Å². The molecule has 2 N–H and O–H groups in total. The number of fused-ring (bicyclic) bond motifs is 1. The number of nitrogens with zero attached hydrogens (tertiary/aromatic N) is 3. The minimum absolute atomic E-state index is 0. The van der Waals surface area contributed by atoms with Crippen molar-refractivity contribution < 1.29 is 9.18 Å². The molecule has 0 atom stereocenters. The summed E-state index contributed by atoms with van der Waals surface area (Å²) in [5, 5.41) is 6.52. The lowest BCUT2D eigenvalue weighted by Gasteiger charge is -2.21. The first-order valence-corrected chi connectivity index (χ1v) is 9.56. The Morgan fingerprint density at radius 2 is 1.68 bits per heavy atom. The van der Waals surface area contributed by atoms with Gasteiger partial charge in [-0.3, -0.25) is 9.89 Å². The summed E-state index contributed by atoms with van der Waals surface area (Å²) < 4.78 is 13.1. The second-order valence-corrected chi connectivity index (χ2v) is 7.14. The van der Waals surface area contributed by atoms with Crippen molar-refractivity contribution in [2.45, 2.75) is 6.54 Å². The number of aromatic amines is 2. The molecule has 2 aromatic carbocycles. The minimum atomic E-state index is -0.245. The number of nitrogens with one attached hydrogen (secondary N) is 2. The summed E-state index contributed by atoms with van der Waals surface area (Å²) in [6.45, 7) is 0.808. The summed E-state index contributed by atoms with van der Waals surface area (Å²) >= 11 is 0. The first-order chi connectivity index (χ1) is 14.7. The second-order valence-electron chi connectivity index (χ2n) is 7.14. The summed E-state index contributed by atoms with van der Waals surface area (Å²) in [7, 11) is 0. The highest BCUT2D eigenvalue weighted by molar-refractivity contribution is 5.95. The van der Waals surface area contributed by atoms with Gasteiger partial charge in [-0.05, 0) is 35.4 Å². The van der Waals surface area contributed by atoms with E-state index in [0.717, 1.165) is 33.9 Å². The van der Waals surface area contributed by atoms with Gasteiger partial charge in [0.1, 0.15) is 17.3 Å². The van der Waals surface area contributed by atoms with Gasteiger partial charge in [0.25, 0.3) is 0 Å². The van der Waals surface area contributed by atoms with Crippen LogP contribution in [0.4, 0.5) is 4.39 Å². The van der Waals surface area contributed by atoms with Crippen LogP contribution < -0.4 is 0 Å². The van der Waals surface area contributed by atoms with E-state index in [-0.39, 0.29) is 30.6 Å². The zero-order valence-corrected chi connectivity index (χ0v) is 17.2. The number of rotatable bonds is 5. The van der Waals surface area contributed by atoms with Crippen LogP contribution in [0.2, 0.25) is 0 Å². The van der Waals surface area contributed by atoms with Crippen molar-refractivity contribution in [3.05, 3.63) is 89.9 Å². The Labute approximate surface area is 184 Å². The summed E-state index contributed by atoms with van der Waals surface area (Å²) in [6, 6.07) is 16.1. The molecule has 0 fully saturated rings. The van der Waals surface area contributed by atoms with Gasteiger partial charge in [0.2, 0.25) is 0 Å². The van der Waals surface area contributed by atoms with E-state index in [1.807, 2.05) is 41.4 Å². The molecule has 3 heterocycles. The molecule has 156 valence electrons. The number of aromatic nitrogens is 4. The Kier molecular flexibility index (Phi) is 5.68. The van der Waals surface area contributed by atoms with Crippen LogP contribution in [0.1, 0.15) is 21.9 Å². The van der Waals surface area contributed by atoms with Gasteiger partial charge in [0.05, 0.1) is 24.5 Å². The van der Waals surface area contributed by atoms with Gasteiger partial charge in [-0.15, -0.1) is 12.4 Å². The molecule has 0 unspecified atom stereocenters. The van der Waals surface area contributed by atoms with E-state index >= 15 is 0 Å². The van der Waals surface area contributed by atoms with Crippen LogP contribution >= 0.6 is 12.4 Å². The first-order valence-electron chi connectivity index (χ1n) is 9.56. The molecule has 2 aromatic heterocycles. The predicted molar refractivity (Wildman–Crippen MR) is 119 cm³/mol. The van der Waals surface area contributed by atoms with Gasteiger partial charge in [-0.1, -0.05) is 36.4 Å².